The average Bonchev–Trinajstić information content (AvgIpc) is 3.19. The molecule has 8 nitrogen and oxygen atoms in total. The van der Waals surface area contributed by atoms with Crippen LogP contribution in [0.3, 0.4) is 0 Å². The molecule has 0 aliphatic carbocycles. The van der Waals surface area contributed by atoms with Gasteiger partial charge in [0.25, 0.3) is 10.0 Å². The van der Waals surface area contributed by atoms with Gasteiger partial charge in [-0.2, -0.15) is 0 Å². The van der Waals surface area contributed by atoms with Gasteiger partial charge < -0.3 is 15.4 Å². The zero-order valence-corrected chi connectivity index (χ0v) is 19.4. The van der Waals surface area contributed by atoms with Crippen LogP contribution in [0.4, 0.5) is 11.4 Å². The van der Waals surface area contributed by atoms with Crippen LogP contribution in [0.1, 0.15) is 15.9 Å². The number of nitrogens with zero attached hydrogens (tertiary/aromatic N) is 2. The van der Waals surface area contributed by atoms with E-state index < -0.39 is 16.0 Å². The van der Waals surface area contributed by atoms with Crippen molar-refractivity contribution in [3.05, 3.63) is 83.3 Å². The smallest absolute Gasteiger partial charge is 0.337 e. The van der Waals surface area contributed by atoms with Gasteiger partial charge in [0.05, 0.1) is 28.9 Å². The summed E-state index contributed by atoms with van der Waals surface area (Å²) in [5.74, 6) is -0.486. The summed E-state index contributed by atoms with van der Waals surface area (Å²) in [6.07, 6.45) is 4.46. The maximum atomic E-state index is 13.3. The Labute approximate surface area is 196 Å². The van der Waals surface area contributed by atoms with Crippen molar-refractivity contribution >= 4 is 49.9 Å². The van der Waals surface area contributed by atoms with Gasteiger partial charge in [-0.25, -0.2) is 17.2 Å². The monoisotopic (exact) mass is 484 g/mol. The van der Waals surface area contributed by atoms with Gasteiger partial charge in [-0.15, -0.1) is 0 Å². The highest BCUT2D eigenvalue weighted by Gasteiger charge is 2.22. The Balaban J connectivity index is 1.78. The molecular formula is C23H21ClN4O4S. The van der Waals surface area contributed by atoms with Crippen molar-refractivity contribution in [2.75, 3.05) is 19.5 Å². The van der Waals surface area contributed by atoms with Gasteiger partial charge in [0, 0.05) is 36.2 Å². The molecule has 0 unspecified atom stereocenters. The molecule has 33 heavy (non-hydrogen) atoms. The fraction of sp³-hybridized carbons (Fsp3) is 0.130. The van der Waals surface area contributed by atoms with Crippen LogP contribution in [0.5, 0.6) is 0 Å². The minimum atomic E-state index is -3.86. The lowest BCUT2D eigenvalue weighted by atomic mass is 10.1. The van der Waals surface area contributed by atoms with Crippen molar-refractivity contribution in [1.29, 1.82) is 0 Å². The first-order valence-corrected chi connectivity index (χ1v) is 11.8. The summed E-state index contributed by atoms with van der Waals surface area (Å²) in [5, 5.41) is 7.39. The molecule has 0 aliphatic rings. The molecule has 170 valence electrons. The van der Waals surface area contributed by atoms with E-state index in [9.17, 15) is 13.2 Å². The van der Waals surface area contributed by atoms with E-state index in [4.69, 9.17) is 16.3 Å². The van der Waals surface area contributed by atoms with Crippen molar-refractivity contribution in [2.24, 2.45) is 0 Å². The topological polar surface area (TPSA) is 102 Å². The number of esters is 1. The molecule has 0 radical (unpaired) electrons. The molecule has 4 rings (SSSR count). The first-order valence-electron chi connectivity index (χ1n) is 9.94. The van der Waals surface area contributed by atoms with E-state index in [0.717, 1.165) is 10.9 Å². The van der Waals surface area contributed by atoms with Crippen LogP contribution in [-0.4, -0.2) is 37.5 Å². The number of hydrogen-bond donors (Lipinski definition) is 2. The molecule has 0 spiro atoms. The second kappa shape index (κ2) is 9.22. The highest BCUT2D eigenvalue weighted by Crippen LogP contribution is 2.31. The third-order valence-electron chi connectivity index (χ3n) is 5.08. The Kier molecular flexibility index (Phi) is 6.37. The summed E-state index contributed by atoms with van der Waals surface area (Å²) in [6, 6.07) is 13.3. The SMILES string of the molecule is CNCc1cn(S(=O)(=O)c2cccnc2)c2cc(Nc3ccc(C(=O)OC)cc3Cl)ccc12. The number of carbonyl (C=O) groups is 1. The van der Waals surface area contributed by atoms with Crippen LogP contribution in [0.2, 0.25) is 5.02 Å². The summed E-state index contributed by atoms with van der Waals surface area (Å²) < 4.78 is 32.6. The number of halogens is 1. The molecule has 10 heteroatoms. The number of fused-ring (bicyclic) bond motifs is 1. The number of benzene rings is 2. The van der Waals surface area contributed by atoms with Crippen LogP contribution in [0.15, 0.2) is 72.0 Å². The number of aromatic nitrogens is 2. The average molecular weight is 485 g/mol. The van der Waals surface area contributed by atoms with E-state index >= 15 is 0 Å². The normalized spacial score (nSPS) is 11.5. The van der Waals surface area contributed by atoms with Gasteiger partial charge in [0.2, 0.25) is 0 Å². The molecule has 0 saturated heterocycles. The summed E-state index contributed by atoms with van der Waals surface area (Å²) in [6.45, 7) is 0.500. The first kappa shape index (κ1) is 22.8. The van der Waals surface area contributed by atoms with Crippen molar-refractivity contribution in [3.63, 3.8) is 0 Å². The molecule has 2 aromatic heterocycles. The number of pyridine rings is 1. The van der Waals surface area contributed by atoms with E-state index in [1.54, 1.807) is 37.5 Å². The van der Waals surface area contributed by atoms with Gasteiger partial charge in [0.1, 0.15) is 4.90 Å². The van der Waals surface area contributed by atoms with E-state index in [0.29, 0.717) is 34.0 Å². The Hall–Kier alpha value is -3.40. The fourth-order valence-electron chi connectivity index (χ4n) is 3.50. The maximum Gasteiger partial charge on any atom is 0.337 e. The number of nitrogens with one attached hydrogen (secondary N) is 2. The standard InChI is InChI=1S/C23H21ClN4O4S/c1-25-12-16-14-28(33(30,31)18-4-3-9-26-13-18)22-11-17(6-7-19(16)22)27-21-8-5-15(10-20(21)24)23(29)32-2/h3-11,13-14,25,27H,12H2,1-2H3. The molecule has 2 N–H and O–H groups in total. The third kappa shape index (κ3) is 4.43. The van der Waals surface area contributed by atoms with E-state index in [2.05, 4.69) is 15.6 Å². The Morgan fingerprint density at radius 1 is 1.18 bits per heavy atom. The predicted octanol–water partition coefficient (Wildman–Crippen LogP) is 4.18. The van der Waals surface area contributed by atoms with Crippen LogP contribution < -0.4 is 10.6 Å². The molecule has 0 amide bonds. The molecule has 0 saturated carbocycles. The van der Waals surface area contributed by atoms with Gasteiger partial charge in [-0.1, -0.05) is 17.7 Å². The Bertz CT molecular complexity index is 1440. The zero-order chi connectivity index (χ0) is 23.6. The second-order valence-electron chi connectivity index (χ2n) is 7.22. The van der Waals surface area contributed by atoms with Crippen LogP contribution >= 0.6 is 11.6 Å². The van der Waals surface area contributed by atoms with Crippen LogP contribution in [-0.2, 0) is 21.3 Å². The molecule has 0 atom stereocenters. The minimum absolute atomic E-state index is 0.0951. The molecule has 4 aromatic rings. The molecular weight excluding hydrogens is 464 g/mol. The third-order valence-corrected chi connectivity index (χ3v) is 7.05. The fourth-order valence-corrected chi connectivity index (χ4v) is 5.08. The van der Waals surface area contributed by atoms with E-state index in [-0.39, 0.29) is 4.90 Å². The molecule has 2 heterocycles. The number of anilines is 2. The lowest BCUT2D eigenvalue weighted by molar-refractivity contribution is 0.0600. The van der Waals surface area contributed by atoms with Gasteiger partial charge >= 0.3 is 5.97 Å². The quantitative estimate of drug-likeness (QED) is 0.379. The number of carbonyl (C=O) groups excluding carboxylic acids is 1. The lowest BCUT2D eigenvalue weighted by Gasteiger charge is -2.11. The van der Waals surface area contributed by atoms with Crippen molar-refractivity contribution < 1.29 is 17.9 Å². The number of rotatable bonds is 7. The zero-order valence-electron chi connectivity index (χ0n) is 17.9. The molecule has 2 aromatic carbocycles. The van der Waals surface area contributed by atoms with Crippen LogP contribution in [0.25, 0.3) is 10.9 Å². The lowest BCUT2D eigenvalue weighted by Crippen LogP contribution is -2.12. The van der Waals surface area contributed by atoms with E-state index in [1.165, 1.54) is 35.6 Å². The molecule has 0 bridgehead atoms. The Morgan fingerprint density at radius 2 is 2.00 bits per heavy atom. The summed E-state index contributed by atoms with van der Waals surface area (Å²) in [7, 11) is -0.757. The summed E-state index contributed by atoms with van der Waals surface area (Å²) in [5.41, 5.74) is 2.87. The summed E-state index contributed by atoms with van der Waals surface area (Å²) >= 11 is 6.34. The van der Waals surface area contributed by atoms with Crippen molar-refractivity contribution in [3.8, 4) is 0 Å². The van der Waals surface area contributed by atoms with Gasteiger partial charge in [0.15, 0.2) is 0 Å². The highest BCUT2D eigenvalue weighted by molar-refractivity contribution is 7.90. The van der Waals surface area contributed by atoms with Crippen LogP contribution in [0, 0.1) is 0 Å². The maximum absolute atomic E-state index is 13.3. The van der Waals surface area contributed by atoms with Crippen molar-refractivity contribution in [2.45, 2.75) is 11.4 Å². The Morgan fingerprint density at radius 3 is 2.67 bits per heavy atom. The second-order valence-corrected chi connectivity index (χ2v) is 9.44. The highest BCUT2D eigenvalue weighted by atomic mass is 35.5. The molecule has 0 aliphatic heterocycles. The number of hydrogen-bond acceptors (Lipinski definition) is 7. The van der Waals surface area contributed by atoms with E-state index in [1.807, 2.05) is 12.1 Å². The molecule has 0 fully saturated rings. The first-order chi connectivity index (χ1) is 15.8. The predicted molar refractivity (Wildman–Crippen MR) is 128 cm³/mol. The van der Waals surface area contributed by atoms with Gasteiger partial charge in [-0.05, 0) is 55.1 Å². The largest absolute Gasteiger partial charge is 0.465 e. The number of ether oxygens (including phenoxy) is 1. The van der Waals surface area contributed by atoms with Crippen molar-refractivity contribution in [1.82, 2.24) is 14.3 Å². The minimum Gasteiger partial charge on any atom is -0.465 e. The summed E-state index contributed by atoms with van der Waals surface area (Å²) in [4.78, 5) is 15.8. The van der Waals surface area contributed by atoms with Gasteiger partial charge in [-0.3, -0.25) is 4.98 Å². The number of methoxy groups -OCH3 is 1.